The van der Waals surface area contributed by atoms with Crippen LogP contribution in [-0.4, -0.2) is 57.1 Å². The van der Waals surface area contributed by atoms with Crippen molar-refractivity contribution in [2.24, 2.45) is 0 Å². The van der Waals surface area contributed by atoms with E-state index in [1.807, 2.05) is 12.1 Å². The van der Waals surface area contributed by atoms with Crippen LogP contribution in [0.2, 0.25) is 0 Å². The maximum absolute atomic E-state index is 11.7. The highest BCUT2D eigenvalue weighted by Gasteiger charge is 2.10. The molecule has 0 unspecified atom stereocenters. The van der Waals surface area contributed by atoms with E-state index in [2.05, 4.69) is 22.3 Å². The quantitative estimate of drug-likeness (QED) is 0.776. The Hall–Kier alpha value is -1.23. The predicted octanol–water partition coefficient (Wildman–Crippen LogP) is 0.963. The lowest BCUT2D eigenvalue weighted by Gasteiger charge is -2.26. The van der Waals surface area contributed by atoms with Crippen LogP contribution >= 0.6 is 0 Å². The van der Waals surface area contributed by atoms with Crippen LogP contribution in [0.1, 0.15) is 15.9 Å². The van der Waals surface area contributed by atoms with Crippen molar-refractivity contribution in [3.63, 3.8) is 0 Å². The van der Waals surface area contributed by atoms with Crippen molar-refractivity contribution in [1.82, 2.24) is 10.2 Å². The average molecular weight is 262 g/mol. The molecule has 0 bridgehead atoms. The van der Waals surface area contributed by atoms with E-state index in [0.29, 0.717) is 6.54 Å². The Morgan fingerprint density at radius 1 is 1.26 bits per heavy atom. The normalized spacial score (nSPS) is 16.5. The summed E-state index contributed by atoms with van der Waals surface area (Å²) in [6.45, 7) is 5.20. The van der Waals surface area contributed by atoms with Crippen LogP contribution in [0.3, 0.4) is 0 Å². The number of nitrogens with one attached hydrogen (secondary N) is 1. The number of ether oxygens (including phenoxy) is 1. The molecule has 1 heterocycles. The maximum Gasteiger partial charge on any atom is 0.176 e. The lowest BCUT2D eigenvalue weighted by molar-refractivity contribution is 0.0384. The topological polar surface area (TPSA) is 41.6 Å². The second-order valence-corrected chi connectivity index (χ2v) is 4.85. The van der Waals surface area contributed by atoms with Gasteiger partial charge in [-0.1, -0.05) is 24.3 Å². The summed E-state index contributed by atoms with van der Waals surface area (Å²) in [5, 5.41) is 2.88. The van der Waals surface area contributed by atoms with Gasteiger partial charge in [-0.3, -0.25) is 9.69 Å². The second kappa shape index (κ2) is 7.38. The number of rotatable bonds is 6. The Balaban J connectivity index is 1.82. The SMILES string of the molecule is CNCC(=O)c1ccc(CCN2CCOCC2)cc1. The lowest BCUT2D eigenvalue weighted by Crippen LogP contribution is -2.37. The number of nitrogens with zero attached hydrogens (tertiary/aromatic N) is 1. The molecule has 4 nitrogen and oxygen atoms in total. The minimum Gasteiger partial charge on any atom is -0.379 e. The molecule has 0 spiro atoms. The number of hydrogen-bond acceptors (Lipinski definition) is 4. The molecule has 1 aromatic carbocycles. The Morgan fingerprint density at radius 3 is 2.58 bits per heavy atom. The van der Waals surface area contributed by atoms with Crippen molar-refractivity contribution in [3.05, 3.63) is 35.4 Å². The van der Waals surface area contributed by atoms with Gasteiger partial charge in [-0.2, -0.15) is 0 Å². The highest BCUT2D eigenvalue weighted by atomic mass is 16.5. The predicted molar refractivity (Wildman–Crippen MR) is 75.7 cm³/mol. The fraction of sp³-hybridized carbons (Fsp3) is 0.533. The molecular weight excluding hydrogens is 240 g/mol. The van der Waals surface area contributed by atoms with Gasteiger partial charge in [0.25, 0.3) is 0 Å². The molecular formula is C15H22N2O2. The molecule has 1 aliphatic heterocycles. The number of carbonyl (C=O) groups is 1. The van der Waals surface area contributed by atoms with Gasteiger partial charge < -0.3 is 10.1 Å². The summed E-state index contributed by atoms with van der Waals surface area (Å²) in [7, 11) is 1.79. The first kappa shape index (κ1) is 14.2. The van der Waals surface area contributed by atoms with Gasteiger partial charge in [-0.05, 0) is 19.0 Å². The summed E-state index contributed by atoms with van der Waals surface area (Å²) in [6, 6.07) is 7.97. The molecule has 0 amide bonds. The van der Waals surface area contributed by atoms with E-state index in [0.717, 1.165) is 44.8 Å². The third kappa shape index (κ3) is 4.42. The fourth-order valence-corrected chi connectivity index (χ4v) is 2.23. The number of benzene rings is 1. The van der Waals surface area contributed by atoms with Gasteiger partial charge in [0.05, 0.1) is 19.8 Å². The second-order valence-electron chi connectivity index (χ2n) is 4.85. The van der Waals surface area contributed by atoms with Crippen LogP contribution in [0.15, 0.2) is 24.3 Å². The fourth-order valence-electron chi connectivity index (χ4n) is 2.23. The Labute approximate surface area is 114 Å². The number of ketones is 1. The van der Waals surface area contributed by atoms with E-state index >= 15 is 0 Å². The molecule has 0 aromatic heterocycles. The summed E-state index contributed by atoms with van der Waals surface area (Å²) < 4.78 is 5.33. The first-order valence-electron chi connectivity index (χ1n) is 6.86. The van der Waals surface area contributed by atoms with Gasteiger partial charge in [0.2, 0.25) is 0 Å². The van der Waals surface area contributed by atoms with Crippen molar-refractivity contribution in [3.8, 4) is 0 Å². The molecule has 0 radical (unpaired) electrons. The van der Waals surface area contributed by atoms with Gasteiger partial charge >= 0.3 is 0 Å². The summed E-state index contributed by atoms with van der Waals surface area (Å²) in [4.78, 5) is 14.1. The zero-order valence-corrected chi connectivity index (χ0v) is 11.5. The van der Waals surface area contributed by atoms with Gasteiger partial charge in [0.15, 0.2) is 5.78 Å². The van der Waals surface area contributed by atoms with Crippen molar-refractivity contribution in [2.45, 2.75) is 6.42 Å². The Morgan fingerprint density at radius 2 is 1.95 bits per heavy atom. The summed E-state index contributed by atoms with van der Waals surface area (Å²) in [5.41, 5.74) is 2.07. The minimum atomic E-state index is 0.141. The molecule has 0 aliphatic carbocycles. The van der Waals surface area contributed by atoms with Crippen LogP contribution in [0, 0.1) is 0 Å². The van der Waals surface area contributed by atoms with Gasteiger partial charge in [0.1, 0.15) is 0 Å². The smallest absolute Gasteiger partial charge is 0.176 e. The molecule has 1 saturated heterocycles. The zero-order valence-electron chi connectivity index (χ0n) is 11.5. The van der Waals surface area contributed by atoms with E-state index < -0.39 is 0 Å². The number of morpholine rings is 1. The van der Waals surface area contributed by atoms with E-state index in [1.165, 1.54) is 5.56 Å². The molecule has 0 atom stereocenters. The standard InChI is InChI=1S/C15H22N2O2/c1-16-12-15(18)14-4-2-13(3-5-14)6-7-17-8-10-19-11-9-17/h2-5,16H,6-12H2,1H3. The van der Waals surface area contributed by atoms with Crippen molar-refractivity contribution in [2.75, 3.05) is 46.4 Å². The first-order chi connectivity index (χ1) is 9.29. The van der Waals surface area contributed by atoms with Crippen molar-refractivity contribution >= 4 is 5.78 Å². The highest BCUT2D eigenvalue weighted by molar-refractivity contribution is 5.97. The first-order valence-corrected chi connectivity index (χ1v) is 6.86. The van der Waals surface area contributed by atoms with E-state index in [1.54, 1.807) is 7.05 Å². The number of hydrogen-bond donors (Lipinski definition) is 1. The summed E-state index contributed by atoms with van der Waals surface area (Å²) in [6.07, 6.45) is 1.03. The number of likely N-dealkylation sites (N-methyl/N-ethyl adjacent to an activating group) is 1. The maximum atomic E-state index is 11.7. The monoisotopic (exact) mass is 262 g/mol. The molecule has 1 aliphatic rings. The number of carbonyl (C=O) groups excluding carboxylic acids is 1. The Bertz CT molecular complexity index is 397. The molecule has 1 fully saturated rings. The van der Waals surface area contributed by atoms with E-state index in [9.17, 15) is 4.79 Å². The molecule has 2 rings (SSSR count). The molecule has 104 valence electrons. The van der Waals surface area contributed by atoms with Crippen molar-refractivity contribution < 1.29 is 9.53 Å². The summed E-state index contributed by atoms with van der Waals surface area (Å²) in [5.74, 6) is 0.141. The largest absolute Gasteiger partial charge is 0.379 e. The minimum absolute atomic E-state index is 0.141. The third-order valence-electron chi connectivity index (χ3n) is 3.43. The molecule has 0 saturated carbocycles. The lowest BCUT2D eigenvalue weighted by atomic mass is 10.1. The molecule has 1 aromatic rings. The third-order valence-corrected chi connectivity index (χ3v) is 3.43. The van der Waals surface area contributed by atoms with Gasteiger partial charge in [0, 0.05) is 25.2 Å². The number of Topliss-reactive ketones (excluding diaryl/α,β-unsaturated/α-hetero) is 1. The molecule has 1 N–H and O–H groups in total. The average Bonchev–Trinajstić information content (AvgIpc) is 2.47. The van der Waals surface area contributed by atoms with Crippen LogP contribution in [0.4, 0.5) is 0 Å². The zero-order chi connectivity index (χ0) is 13.5. The van der Waals surface area contributed by atoms with Crippen LogP contribution < -0.4 is 5.32 Å². The van der Waals surface area contributed by atoms with Crippen LogP contribution in [0.5, 0.6) is 0 Å². The Kier molecular flexibility index (Phi) is 5.51. The van der Waals surface area contributed by atoms with E-state index in [4.69, 9.17) is 4.74 Å². The van der Waals surface area contributed by atoms with E-state index in [-0.39, 0.29) is 5.78 Å². The molecule has 19 heavy (non-hydrogen) atoms. The van der Waals surface area contributed by atoms with Crippen LogP contribution in [0.25, 0.3) is 0 Å². The highest BCUT2D eigenvalue weighted by Crippen LogP contribution is 2.07. The van der Waals surface area contributed by atoms with Crippen molar-refractivity contribution in [1.29, 1.82) is 0 Å². The molecule has 4 heteroatoms. The van der Waals surface area contributed by atoms with Gasteiger partial charge in [-0.15, -0.1) is 0 Å². The summed E-state index contributed by atoms with van der Waals surface area (Å²) >= 11 is 0. The van der Waals surface area contributed by atoms with Crippen LogP contribution in [-0.2, 0) is 11.2 Å². The van der Waals surface area contributed by atoms with Gasteiger partial charge in [-0.25, -0.2) is 0 Å².